The number of aromatic nitrogens is 3. The van der Waals surface area contributed by atoms with Gasteiger partial charge in [-0.3, -0.25) is 4.79 Å². The van der Waals surface area contributed by atoms with Crippen LogP contribution in [0.1, 0.15) is 11.1 Å². The monoisotopic (exact) mass is 450 g/mol. The molecule has 2 heterocycles. The van der Waals surface area contributed by atoms with Crippen LogP contribution in [0.3, 0.4) is 0 Å². The average Bonchev–Trinajstić information content (AvgIpc) is 3.49. The first kappa shape index (κ1) is 21.4. The summed E-state index contributed by atoms with van der Waals surface area (Å²) in [4.78, 5) is 15.7. The Morgan fingerprint density at radius 3 is 2.59 bits per heavy atom. The maximum Gasteiger partial charge on any atom is 0.244 e. The SMILES string of the molecule is O=C(C=Cc1cn(-c2ccccc2)nc1-c1ccc(F)cc1)NCCc1c[nH]c2ccccc12. The molecule has 1 amide bonds. The van der Waals surface area contributed by atoms with Crippen LogP contribution in [0.5, 0.6) is 0 Å². The molecular formula is C28H23FN4O. The van der Waals surface area contributed by atoms with Crippen LogP contribution in [0.25, 0.3) is 33.9 Å². The smallest absolute Gasteiger partial charge is 0.244 e. The third-order valence-corrected chi connectivity index (χ3v) is 5.66. The fraction of sp³-hybridized carbons (Fsp3) is 0.0714. The Balaban J connectivity index is 1.32. The fourth-order valence-corrected chi connectivity index (χ4v) is 3.94. The highest BCUT2D eigenvalue weighted by molar-refractivity contribution is 5.93. The van der Waals surface area contributed by atoms with Crippen LogP contribution in [0.15, 0.2) is 97.3 Å². The second kappa shape index (κ2) is 9.58. The number of fused-ring (bicyclic) bond motifs is 1. The van der Waals surface area contributed by atoms with Crippen molar-refractivity contribution in [1.82, 2.24) is 20.1 Å². The van der Waals surface area contributed by atoms with Crippen molar-refractivity contribution < 1.29 is 9.18 Å². The van der Waals surface area contributed by atoms with Gasteiger partial charge in [0.2, 0.25) is 5.91 Å². The van der Waals surface area contributed by atoms with Crippen molar-refractivity contribution in [2.45, 2.75) is 6.42 Å². The van der Waals surface area contributed by atoms with E-state index < -0.39 is 0 Å². The summed E-state index contributed by atoms with van der Waals surface area (Å²) in [6.07, 6.45) is 7.83. The Kier molecular flexibility index (Phi) is 6.03. The minimum absolute atomic E-state index is 0.183. The van der Waals surface area contributed by atoms with E-state index in [9.17, 15) is 9.18 Å². The molecule has 6 heteroatoms. The number of hydrogen-bond donors (Lipinski definition) is 2. The summed E-state index contributed by atoms with van der Waals surface area (Å²) in [5.41, 5.74) is 5.37. The van der Waals surface area contributed by atoms with Gasteiger partial charge in [-0.05, 0) is 60.5 Å². The van der Waals surface area contributed by atoms with Crippen molar-refractivity contribution in [2.24, 2.45) is 0 Å². The van der Waals surface area contributed by atoms with Crippen molar-refractivity contribution in [1.29, 1.82) is 0 Å². The minimum atomic E-state index is -0.307. The lowest BCUT2D eigenvalue weighted by Crippen LogP contribution is -2.23. The van der Waals surface area contributed by atoms with Crippen LogP contribution < -0.4 is 5.32 Å². The van der Waals surface area contributed by atoms with Crippen molar-refractivity contribution in [3.8, 4) is 16.9 Å². The molecule has 2 aromatic heterocycles. The molecule has 2 N–H and O–H groups in total. The zero-order valence-corrected chi connectivity index (χ0v) is 18.4. The number of rotatable bonds is 7. The molecule has 5 nitrogen and oxygen atoms in total. The molecule has 168 valence electrons. The number of amides is 1. The maximum absolute atomic E-state index is 13.4. The van der Waals surface area contributed by atoms with Gasteiger partial charge >= 0.3 is 0 Å². The Bertz CT molecular complexity index is 1450. The van der Waals surface area contributed by atoms with Crippen molar-refractivity contribution in [3.05, 3.63) is 114 Å². The van der Waals surface area contributed by atoms with Gasteiger partial charge in [0.15, 0.2) is 0 Å². The number of carbonyl (C=O) groups is 1. The molecule has 0 atom stereocenters. The standard InChI is InChI=1S/C28H23FN4O/c29-23-13-10-20(11-14-23)28-22(19-33(32-28)24-6-2-1-3-7-24)12-15-27(34)30-17-16-21-18-31-26-9-5-4-8-25(21)26/h1-15,18-19,31H,16-17H2,(H,30,34). The predicted octanol–water partition coefficient (Wildman–Crippen LogP) is 5.53. The van der Waals surface area contributed by atoms with E-state index in [1.54, 1.807) is 22.9 Å². The number of nitrogens with zero attached hydrogens (tertiary/aromatic N) is 2. The first-order chi connectivity index (χ1) is 16.7. The Morgan fingerprint density at radius 1 is 1.00 bits per heavy atom. The third kappa shape index (κ3) is 4.66. The van der Waals surface area contributed by atoms with Gasteiger partial charge in [-0.2, -0.15) is 5.10 Å². The number of hydrogen-bond acceptors (Lipinski definition) is 2. The first-order valence-corrected chi connectivity index (χ1v) is 11.1. The molecule has 3 aromatic carbocycles. The normalized spacial score (nSPS) is 11.3. The number of H-pyrrole nitrogens is 1. The van der Waals surface area contributed by atoms with E-state index in [1.807, 2.05) is 60.9 Å². The van der Waals surface area contributed by atoms with E-state index in [0.29, 0.717) is 12.2 Å². The van der Waals surface area contributed by atoms with Crippen LogP contribution in [0.2, 0.25) is 0 Å². The molecular weight excluding hydrogens is 427 g/mol. The van der Waals surface area contributed by atoms with Gasteiger partial charge in [0.05, 0.1) is 11.4 Å². The molecule has 34 heavy (non-hydrogen) atoms. The Hall–Kier alpha value is -4.45. The Labute approximate surface area is 196 Å². The summed E-state index contributed by atoms with van der Waals surface area (Å²) in [7, 11) is 0. The van der Waals surface area contributed by atoms with Crippen molar-refractivity contribution in [3.63, 3.8) is 0 Å². The molecule has 0 aliphatic carbocycles. The molecule has 0 aliphatic heterocycles. The molecule has 0 fully saturated rings. The average molecular weight is 451 g/mol. The lowest BCUT2D eigenvalue weighted by atomic mass is 10.1. The zero-order valence-electron chi connectivity index (χ0n) is 18.4. The number of aromatic amines is 1. The summed E-state index contributed by atoms with van der Waals surface area (Å²) in [6, 6.07) is 24.0. The highest BCUT2D eigenvalue weighted by atomic mass is 19.1. The van der Waals surface area contributed by atoms with Gasteiger partial charge in [0.1, 0.15) is 5.82 Å². The van der Waals surface area contributed by atoms with E-state index in [-0.39, 0.29) is 11.7 Å². The van der Waals surface area contributed by atoms with E-state index in [1.165, 1.54) is 29.2 Å². The van der Waals surface area contributed by atoms with E-state index in [0.717, 1.165) is 28.8 Å². The maximum atomic E-state index is 13.4. The van der Waals surface area contributed by atoms with Crippen LogP contribution in [-0.2, 0) is 11.2 Å². The molecule has 0 saturated heterocycles. The lowest BCUT2D eigenvalue weighted by molar-refractivity contribution is -0.116. The minimum Gasteiger partial charge on any atom is -0.361 e. The molecule has 0 spiro atoms. The molecule has 0 aliphatic rings. The van der Waals surface area contributed by atoms with Crippen LogP contribution >= 0.6 is 0 Å². The van der Waals surface area contributed by atoms with Crippen molar-refractivity contribution in [2.75, 3.05) is 6.54 Å². The number of nitrogens with one attached hydrogen (secondary N) is 2. The summed E-state index contributed by atoms with van der Waals surface area (Å²) >= 11 is 0. The Morgan fingerprint density at radius 2 is 1.76 bits per heavy atom. The second-order valence-corrected chi connectivity index (χ2v) is 7.95. The fourth-order valence-electron chi connectivity index (χ4n) is 3.94. The van der Waals surface area contributed by atoms with E-state index >= 15 is 0 Å². The van der Waals surface area contributed by atoms with Gasteiger partial charge in [-0.1, -0.05) is 36.4 Å². The third-order valence-electron chi connectivity index (χ3n) is 5.66. The summed E-state index contributed by atoms with van der Waals surface area (Å²) in [5, 5.41) is 8.81. The topological polar surface area (TPSA) is 62.7 Å². The highest BCUT2D eigenvalue weighted by Gasteiger charge is 2.11. The number of benzene rings is 3. The van der Waals surface area contributed by atoms with Gasteiger partial charge < -0.3 is 10.3 Å². The molecule has 5 aromatic rings. The lowest BCUT2D eigenvalue weighted by Gasteiger charge is -2.02. The van der Waals surface area contributed by atoms with Gasteiger partial charge in [0, 0.05) is 47.0 Å². The number of carbonyl (C=O) groups excluding carboxylic acids is 1. The van der Waals surface area contributed by atoms with Crippen molar-refractivity contribution >= 4 is 22.9 Å². The summed E-state index contributed by atoms with van der Waals surface area (Å²) in [6.45, 7) is 0.527. The zero-order chi connectivity index (χ0) is 23.3. The van der Waals surface area contributed by atoms with E-state index in [2.05, 4.69) is 16.4 Å². The predicted molar refractivity (Wildman–Crippen MR) is 133 cm³/mol. The number of para-hydroxylation sites is 2. The summed E-state index contributed by atoms with van der Waals surface area (Å²) < 4.78 is 15.2. The molecule has 0 unspecified atom stereocenters. The van der Waals surface area contributed by atoms with Gasteiger partial charge in [-0.25, -0.2) is 9.07 Å². The largest absolute Gasteiger partial charge is 0.361 e. The summed E-state index contributed by atoms with van der Waals surface area (Å²) in [5.74, 6) is -0.490. The van der Waals surface area contributed by atoms with Gasteiger partial charge in [-0.15, -0.1) is 0 Å². The second-order valence-electron chi connectivity index (χ2n) is 7.95. The van der Waals surface area contributed by atoms with Gasteiger partial charge in [0.25, 0.3) is 0 Å². The van der Waals surface area contributed by atoms with Crippen LogP contribution in [-0.4, -0.2) is 27.2 Å². The van der Waals surface area contributed by atoms with E-state index in [4.69, 9.17) is 5.10 Å². The highest BCUT2D eigenvalue weighted by Crippen LogP contribution is 2.25. The first-order valence-electron chi connectivity index (χ1n) is 11.1. The molecule has 0 bridgehead atoms. The van der Waals surface area contributed by atoms with Crippen LogP contribution in [0.4, 0.5) is 4.39 Å². The molecule has 0 saturated carbocycles. The molecule has 5 rings (SSSR count). The molecule has 0 radical (unpaired) electrons. The number of halogens is 1. The van der Waals surface area contributed by atoms with Crippen LogP contribution in [0, 0.1) is 5.82 Å². The quantitative estimate of drug-likeness (QED) is 0.320.